The fourth-order valence-electron chi connectivity index (χ4n) is 1.82. The summed E-state index contributed by atoms with van der Waals surface area (Å²) in [6, 6.07) is 10.4. The number of hydrogen-bond acceptors (Lipinski definition) is 5. The Labute approximate surface area is 113 Å². The number of nitrogen functional groups attached to an aromatic ring is 1. The molecule has 0 unspecified atom stereocenters. The Morgan fingerprint density at radius 3 is 2.75 bits per heavy atom. The van der Waals surface area contributed by atoms with E-state index in [1.54, 1.807) is 18.2 Å². The number of aromatic hydroxyl groups is 1. The highest BCUT2D eigenvalue weighted by Gasteiger charge is 2.13. The van der Waals surface area contributed by atoms with Gasteiger partial charge in [0.2, 0.25) is 5.82 Å². The summed E-state index contributed by atoms with van der Waals surface area (Å²) in [4.78, 5) is 4.19. The normalized spacial score (nSPS) is 10.7. The van der Waals surface area contributed by atoms with Crippen molar-refractivity contribution in [1.82, 2.24) is 10.1 Å². The minimum atomic E-state index is -0.432. The van der Waals surface area contributed by atoms with E-state index in [1.165, 1.54) is 24.3 Å². The van der Waals surface area contributed by atoms with Gasteiger partial charge in [-0.15, -0.1) is 0 Å². The van der Waals surface area contributed by atoms with Gasteiger partial charge in [-0.2, -0.15) is 4.98 Å². The van der Waals surface area contributed by atoms with Crippen molar-refractivity contribution in [2.24, 2.45) is 0 Å². The molecule has 0 saturated heterocycles. The summed E-state index contributed by atoms with van der Waals surface area (Å²) in [6.07, 6.45) is 0. The molecule has 0 fully saturated rings. The largest absolute Gasteiger partial charge is 0.508 e. The first-order valence-electron chi connectivity index (χ1n) is 5.82. The van der Waals surface area contributed by atoms with Crippen LogP contribution in [0.25, 0.3) is 22.8 Å². The van der Waals surface area contributed by atoms with Gasteiger partial charge in [0.25, 0.3) is 5.89 Å². The van der Waals surface area contributed by atoms with E-state index in [2.05, 4.69) is 10.1 Å². The van der Waals surface area contributed by atoms with Crippen LogP contribution in [0.15, 0.2) is 47.0 Å². The third-order valence-electron chi connectivity index (χ3n) is 2.77. The van der Waals surface area contributed by atoms with E-state index < -0.39 is 5.82 Å². The summed E-state index contributed by atoms with van der Waals surface area (Å²) in [5.41, 5.74) is 7.01. The number of hydrogen-bond donors (Lipinski definition) is 2. The van der Waals surface area contributed by atoms with Crippen LogP contribution < -0.4 is 5.73 Å². The molecule has 0 aliphatic heterocycles. The molecule has 100 valence electrons. The number of aromatic nitrogens is 2. The smallest absolute Gasteiger partial charge is 0.260 e. The lowest BCUT2D eigenvalue weighted by Gasteiger charge is -1.99. The third kappa shape index (κ3) is 2.18. The van der Waals surface area contributed by atoms with E-state index in [0.29, 0.717) is 17.0 Å². The van der Waals surface area contributed by atoms with Gasteiger partial charge in [0.1, 0.15) is 11.6 Å². The van der Waals surface area contributed by atoms with E-state index in [1.807, 2.05) is 0 Å². The fourth-order valence-corrected chi connectivity index (χ4v) is 1.82. The van der Waals surface area contributed by atoms with E-state index in [0.717, 1.165) is 0 Å². The maximum Gasteiger partial charge on any atom is 0.260 e. The Kier molecular flexibility index (Phi) is 2.83. The fraction of sp³-hybridized carbons (Fsp3) is 0. The van der Waals surface area contributed by atoms with Gasteiger partial charge in [-0.3, -0.25) is 0 Å². The van der Waals surface area contributed by atoms with Crippen molar-refractivity contribution >= 4 is 5.69 Å². The minimum Gasteiger partial charge on any atom is -0.508 e. The highest BCUT2D eigenvalue weighted by Crippen LogP contribution is 2.28. The van der Waals surface area contributed by atoms with Crippen molar-refractivity contribution in [3.63, 3.8) is 0 Å². The van der Waals surface area contributed by atoms with Crippen LogP contribution in [0.3, 0.4) is 0 Å². The monoisotopic (exact) mass is 271 g/mol. The summed E-state index contributed by atoms with van der Waals surface area (Å²) >= 11 is 0. The predicted molar refractivity (Wildman–Crippen MR) is 71.2 cm³/mol. The summed E-state index contributed by atoms with van der Waals surface area (Å²) in [6.45, 7) is 0. The molecule has 0 amide bonds. The summed E-state index contributed by atoms with van der Waals surface area (Å²) in [5, 5.41) is 13.2. The molecular formula is C14H10FN3O2. The molecule has 0 radical (unpaired) electrons. The second-order valence-electron chi connectivity index (χ2n) is 4.21. The van der Waals surface area contributed by atoms with Crippen molar-refractivity contribution in [2.75, 3.05) is 5.73 Å². The van der Waals surface area contributed by atoms with Crippen LogP contribution in [-0.2, 0) is 0 Å². The van der Waals surface area contributed by atoms with Crippen LogP contribution in [-0.4, -0.2) is 15.2 Å². The third-order valence-corrected chi connectivity index (χ3v) is 2.77. The number of rotatable bonds is 2. The molecule has 0 spiro atoms. The average Bonchev–Trinajstić information content (AvgIpc) is 2.88. The van der Waals surface area contributed by atoms with Gasteiger partial charge < -0.3 is 15.4 Å². The molecule has 6 heteroatoms. The van der Waals surface area contributed by atoms with E-state index in [9.17, 15) is 9.50 Å². The van der Waals surface area contributed by atoms with Crippen LogP contribution in [0.4, 0.5) is 10.1 Å². The Bertz CT molecular complexity index is 771. The number of halogens is 1. The number of benzene rings is 2. The maximum absolute atomic E-state index is 13.0. The van der Waals surface area contributed by atoms with Gasteiger partial charge in [-0.25, -0.2) is 4.39 Å². The highest BCUT2D eigenvalue weighted by atomic mass is 19.1. The number of phenolic OH excluding ortho intramolecular Hbond substituents is 1. The van der Waals surface area contributed by atoms with Crippen molar-refractivity contribution < 1.29 is 14.0 Å². The lowest BCUT2D eigenvalue weighted by atomic mass is 10.1. The Morgan fingerprint density at radius 2 is 2.00 bits per heavy atom. The predicted octanol–water partition coefficient (Wildman–Crippen LogP) is 2.83. The molecule has 0 aliphatic carbocycles. The maximum atomic E-state index is 13.0. The van der Waals surface area contributed by atoms with Gasteiger partial charge in [-0.05, 0) is 30.3 Å². The molecule has 5 nitrogen and oxygen atoms in total. The topological polar surface area (TPSA) is 85.2 Å². The van der Waals surface area contributed by atoms with Crippen LogP contribution in [0, 0.1) is 5.82 Å². The standard InChI is InChI=1S/C14H10FN3O2/c15-9-4-5-11(12(16)7-9)14-17-13(18-20-14)8-2-1-3-10(19)6-8/h1-7,19H,16H2. The van der Waals surface area contributed by atoms with E-state index in [4.69, 9.17) is 10.3 Å². The van der Waals surface area contributed by atoms with Gasteiger partial charge in [0.15, 0.2) is 0 Å². The Hall–Kier alpha value is -2.89. The first-order chi connectivity index (χ1) is 9.63. The van der Waals surface area contributed by atoms with Crippen molar-refractivity contribution in [3.05, 3.63) is 48.3 Å². The SMILES string of the molecule is Nc1cc(F)ccc1-c1nc(-c2cccc(O)c2)no1. The van der Waals surface area contributed by atoms with Crippen molar-refractivity contribution in [2.45, 2.75) is 0 Å². The lowest BCUT2D eigenvalue weighted by molar-refractivity contribution is 0.432. The van der Waals surface area contributed by atoms with E-state index in [-0.39, 0.29) is 17.3 Å². The molecule has 2 aromatic carbocycles. The molecule has 1 heterocycles. The van der Waals surface area contributed by atoms with Crippen molar-refractivity contribution in [3.8, 4) is 28.6 Å². The minimum absolute atomic E-state index is 0.107. The average molecular weight is 271 g/mol. The van der Waals surface area contributed by atoms with Gasteiger partial charge in [0.05, 0.1) is 5.56 Å². The van der Waals surface area contributed by atoms with Crippen LogP contribution in [0.1, 0.15) is 0 Å². The number of anilines is 1. The second kappa shape index (κ2) is 4.65. The van der Waals surface area contributed by atoms with Gasteiger partial charge in [-0.1, -0.05) is 17.3 Å². The first kappa shape index (κ1) is 12.2. The summed E-state index contributed by atoms with van der Waals surface area (Å²) in [5.74, 6) is 0.189. The molecule has 3 rings (SSSR count). The van der Waals surface area contributed by atoms with Crippen LogP contribution >= 0.6 is 0 Å². The molecule has 3 aromatic rings. The van der Waals surface area contributed by atoms with Crippen LogP contribution in [0.2, 0.25) is 0 Å². The summed E-state index contributed by atoms with van der Waals surface area (Å²) < 4.78 is 18.1. The van der Waals surface area contributed by atoms with Crippen molar-refractivity contribution in [1.29, 1.82) is 0 Å². The molecule has 0 atom stereocenters. The quantitative estimate of drug-likeness (QED) is 0.700. The zero-order chi connectivity index (χ0) is 14.1. The molecule has 3 N–H and O–H groups in total. The van der Waals surface area contributed by atoms with E-state index >= 15 is 0 Å². The number of phenols is 1. The molecule has 20 heavy (non-hydrogen) atoms. The highest BCUT2D eigenvalue weighted by molar-refractivity contribution is 5.71. The second-order valence-corrected chi connectivity index (χ2v) is 4.21. The number of nitrogens with two attached hydrogens (primary N) is 1. The molecule has 1 aromatic heterocycles. The summed E-state index contributed by atoms with van der Waals surface area (Å²) in [7, 11) is 0. The molecule has 0 aliphatic rings. The molecule has 0 bridgehead atoms. The first-order valence-corrected chi connectivity index (χ1v) is 5.82. The molecule has 0 saturated carbocycles. The Morgan fingerprint density at radius 1 is 1.15 bits per heavy atom. The lowest BCUT2D eigenvalue weighted by Crippen LogP contribution is -1.91. The zero-order valence-electron chi connectivity index (χ0n) is 10.2. The zero-order valence-corrected chi connectivity index (χ0v) is 10.2. The molecular weight excluding hydrogens is 261 g/mol. The van der Waals surface area contributed by atoms with Gasteiger partial charge >= 0.3 is 0 Å². The Balaban J connectivity index is 2.02. The number of nitrogens with zero attached hydrogens (tertiary/aromatic N) is 2. The van der Waals surface area contributed by atoms with Crippen LogP contribution in [0.5, 0.6) is 5.75 Å². The van der Waals surface area contributed by atoms with Gasteiger partial charge in [0, 0.05) is 11.3 Å².